The van der Waals surface area contributed by atoms with Crippen LogP contribution in [-0.4, -0.2) is 52.2 Å². The van der Waals surface area contributed by atoms with Crippen molar-refractivity contribution in [3.05, 3.63) is 59.2 Å². The van der Waals surface area contributed by atoms with Gasteiger partial charge in [-0.1, -0.05) is 18.2 Å². The van der Waals surface area contributed by atoms with Crippen molar-refractivity contribution in [1.29, 1.82) is 0 Å². The monoisotopic (exact) mass is 352 g/mol. The van der Waals surface area contributed by atoms with E-state index in [4.69, 9.17) is 0 Å². The first-order valence-corrected chi connectivity index (χ1v) is 8.90. The highest BCUT2D eigenvalue weighted by Gasteiger charge is 2.31. The van der Waals surface area contributed by atoms with Gasteiger partial charge in [-0.2, -0.15) is 0 Å². The minimum absolute atomic E-state index is 0.00463. The van der Waals surface area contributed by atoms with Gasteiger partial charge in [0.15, 0.2) is 5.82 Å². The van der Waals surface area contributed by atoms with Gasteiger partial charge in [0.05, 0.1) is 17.3 Å². The zero-order valence-corrected chi connectivity index (χ0v) is 15.5. The van der Waals surface area contributed by atoms with Crippen LogP contribution in [-0.2, 0) is 0 Å². The average molecular weight is 352 g/mol. The van der Waals surface area contributed by atoms with Crippen LogP contribution in [0.5, 0.6) is 0 Å². The molecular formula is C20H24N4O2. The van der Waals surface area contributed by atoms with Crippen molar-refractivity contribution in [1.82, 2.24) is 19.8 Å². The van der Waals surface area contributed by atoms with Crippen molar-refractivity contribution in [3.8, 4) is 0 Å². The summed E-state index contributed by atoms with van der Waals surface area (Å²) in [5.74, 6) is 0.502. The summed E-state index contributed by atoms with van der Waals surface area (Å²) in [4.78, 5) is 37.5. The Morgan fingerprint density at radius 2 is 1.88 bits per heavy atom. The predicted octanol–water partition coefficient (Wildman–Crippen LogP) is 2.85. The fourth-order valence-electron chi connectivity index (χ4n) is 3.29. The molecule has 0 radical (unpaired) electrons. The van der Waals surface area contributed by atoms with Gasteiger partial charge in [0, 0.05) is 32.4 Å². The molecule has 2 heterocycles. The van der Waals surface area contributed by atoms with E-state index in [1.165, 1.54) is 4.90 Å². The second-order valence-corrected chi connectivity index (χ2v) is 6.80. The molecule has 1 aliphatic heterocycles. The molecule has 0 spiro atoms. The molecule has 6 heteroatoms. The second kappa shape index (κ2) is 7.64. The third kappa shape index (κ3) is 3.59. The molecule has 0 N–H and O–H groups in total. The maximum Gasteiger partial charge on any atom is 0.256 e. The third-order valence-corrected chi connectivity index (χ3v) is 4.72. The van der Waals surface area contributed by atoms with Crippen LogP contribution in [0, 0.1) is 6.92 Å². The van der Waals surface area contributed by atoms with Crippen molar-refractivity contribution in [2.45, 2.75) is 32.2 Å². The number of carbonyl (C=O) groups excluding carboxylic acids is 2. The summed E-state index contributed by atoms with van der Waals surface area (Å²) < 4.78 is 0. The number of nitrogens with zero attached hydrogens (tertiary/aromatic N) is 4. The first-order valence-electron chi connectivity index (χ1n) is 8.90. The Morgan fingerprint density at radius 1 is 1.15 bits per heavy atom. The Kier molecular flexibility index (Phi) is 5.30. The van der Waals surface area contributed by atoms with Gasteiger partial charge in [-0.25, -0.2) is 9.97 Å². The maximum absolute atomic E-state index is 12.9. The largest absolute Gasteiger partial charge is 0.345 e. The smallest absolute Gasteiger partial charge is 0.256 e. The van der Waals surface area contributed by atoms with Crippen molar-refractivity contribution >= 4 is 11.8 Å². The molecule has 1 aromatic carbocycles. The quantitative estimate of drug-likeness (QED) is 0.852. The summed E-state index contributed by atoms with van der Waals surface area (Å²) in [6.45, 7) is 2.51. The molecule has 1 fully saturated rings. The number of aryl methyl sites for hydroxylation is 1. The van der Waals surface area contributed by atoms with Gasteiger partial charge in [-0.15, -0.1) is 0 Å². The molecule has 3 rings (SSSR count). The molecule has 0 bridgehead atoms. The summed E-state index contributed by atoms with van der Waals surface area (Å²) in [5, 5.41) is 0. The minimum Gasteiger partial charge on any atom is -0.345 e. The van der Waals surface area contributed by atoms with Crippen LogP contribution in [0.2, 0.25) is 0 Å². The summed E-state index contributed by atoms with van der Waals surface area (Å²) in [6.07, 6.45) is 4.42. The van der Waals surface area contributed by atoms with E-state index in [-0.39, 0.29) is 17.9 Å². The number of carbonyl (C=O) groups is 2. The number of aromatic nitrogens is 2. The molecular weight excluding hydrogens is 328 g/mol. The zero-order valence-electron chi connectivity index (χ0n) is 15.5. The van der Waals surface area contributed by atoms with E-state index in [0.29, 0.717) is 29.2 Å². The molecule has 2 aromatic rings. The summed E-state index contributed by atoms with van der Waals surface area (Å²) >= 11 is 0. The lowest BCUT2D eigenvalue weighted by Gasteiger charge is -2.35. The van der Waals surface area contributed by atoms with Crippen LogP contribution in [0.4, 0.5) is 0 Å². The van der Waals surface area contributed by atoms with Crippen molar-refractivity contribution in [2.24, 2.45) is 0 Å². The Bertz CT molecular complexity index is 805. The first kappa shape index (κ1) is 18.0. The highest BCUT2D eigenvalue weighted by molar-refractivity contribution is 5.95. The van der Waals surface area contributed by atoms with Gasteiger partial charge in [-0.05, 0) is 38.3 Å². The average Bonchev–Trinajstić information content (AvgIpc) is 2.67. The van der Waals surface area contributed by atoms with Gasteiger partial charge in [-0.3, -0.25) is 9.59 Å². The molecule has 2 amide bonds. The van der Waals surface area contributed by atoms with E-state index in [1.54, 1.807) is 20.3 Å². The summed E-state index contributed by atoms with van der Waals surface area (Å²) in [7, 11) is 3.41. The third-order valence-electron chi connectivity index (χ3n) is 4.72. The zero-order chi connectivity index (χ0) is 18.7. The second-order valence-electron chi connectivity index (χ2n) is 6.80. The van der Waals surface area contributed by atoms with Crippen molar-refractivity contribution < 1.29 is 9.59 Å². The molecule has 1 atom stereocenters. The number of hydrogen-bond acceptors (Lipinski definition) is 4. The number of hydrogen-bond donors (Lipinski definition) is 0. The first-order chi connectivity index (χ1) is 12.5. The van der Waals surface area contributed by atoms with Crippen LogP contribution in [0.3, 0.4) is 0 Å². The molecule has 26 heavy (non-hydrogen) atoms. The minimum atomic E-state index is -0.154. The van der Waals surface area contributed by atoms with Gasteiger partial charge >= 0.3 is 0 Å². The van der Waals surface area contributed by atoms with E-state index in [1.807, 2.05) is 42.2 Å². The Labute approximate surface area is 153 Å². The van der Waals surface area contributed by atoms with Crippen LogP contribution >= 0.6 is 0 Å². The van der Waals surface area contributed by atoms with E-state index in [0.717, 1.165) is 19.3 Å². The molecule has 1 unspecified atom stereocenters. The SMILES string of the molecule is Cc1nc(C2CCCCN2C(=O)c2ccccc2)ncc1C(=O)N(C)C. The highest BCUT2D eigenvalue weighted by Crippen LogP contribution is 2.30. The molecule has 1 aliphatic rings. The van der Waals surface area contributed by atoms with Gasteiger partial charge < -0.3 is 9.80 Å². The Morgan fingerprint density at radius 3 is 2.54 bits per heavy atom. The summed E-state index contributed by atoms with van der Waals surface area (Å²) in [5.41, 5.74) is 1.82. The highest BCUT2D eigenvalue weighted by atomic mass is 16.2. The molecule has 0 aliphatic carbocycles. The predicted molar refractivity (Wildman–Crippen MR) is 98.9 cm³/mol. The fourth-order valence-corrected chi connectivity index (χ4v) is 3.29. The van der Waals surface area contributed by atoms with Crippen LogP contribution in [0.15, 0.2) is 36.5 Å². The lowest BCUT2D eigenvalue weighted by molar-refractivity contribution is 0.0598. The molecule has 136 valence electrons. The standard InChI is InChI=1S/C20H24N4O2/c1-14-16(20(26)23(2)3)13-21-18(22-14)17-11-7-8-12-24(17)19(25)15-9-5-4-6-10-15/h4-6,9-10,13,17H,7-8,11-12H2,1-3H3. The van der Waals surface area contributed by atoms with Crippen LogP contribution < -0.4 is 0 Å². The molecule has 1 saturated heterocycles. The number of amides is 2. The lowest BCUT2D eigenvalue weighted by atomic mass is 9.99. The van der Waals surface area contributed by atoms with Crippen LogP contribution in [0.1, 0.15) is 57.5 Å². The molecule has 6 nitrogen and oxygen atoms in total. The lowest BCUT2D eigenvalue weighted by Crippen LogP contribution is -2.39. The van der Waals surface area contributed by atoms with E-state index in [9.17, 15) is 9.59 Å². The van der Waals surface area contributed by atoms with Crippen molar-refractivity contribution in [2.75, 3.05) is 20.6 Å². The maximum atomic E-state index is 12.9. The number of rotatable bonds is 3. The topological polar surface area (TPSA) is 66.4 Å². The van der Waals surface area contributed by atoms with E-state index >= 15 is 0 Å². The Hall–Kier alpha value is -2.76. The van der Waals surface area contributed by atoms with Gasteiger partial charge in [0.25, 0.3) is 11.8 Å². The van der Waals surface area contributed by atoms with Crippen molar-refractivity contribution in [3.63, 3.8) is 0 Å². The molecule has 1 aromatic heterocycles. The van der Waals surface area contributed by atoms with Gasteiger partial charge in [0.1, 0.15) is 0 Å². The van der Waals surface area contributed by atoms with Crippen LogP contribution in [0.25, 0.3) is 0 Å². The fraction of sp³-hybridized carbons (Fsp3) is 0.400. The summed E-state index contributed by atoms with van der Waals surface area (Å²) in [6, 6.07) is 9.15. The Balaban J connectivity index is 1.89. The molecule has 0 saturated carbocycles. The number of piperidine rings is 1. The van der Waals surface area contributed by atoms with E-state index < -0.39 is 0 Å². The normalized spacial score (nSPS) is 17.0. The van der Waals surface area contributed by atoms with E-state index in [2.05, 4.69) is 9.97 Å². The van der Waals surface area contributed by atoms with Gasteiger partial charge in [0.2, 0.25) is 0 Å². The number of likely N-dealkylation sites (tertiary alicyclic amines) is 1. The number of benzene rings is 1.